The summed E-state index contributed by atoms with van der Waals surface area (Å²) >= 11 is 0. The Balaban J connectivity index is 1.60. The highest BCUT2D eigenvalue weighted by Gasteiger charge is 2.31. The monoisotopic (exact) mass is 480 g/mol. The fourth-order valence-electron chi connectivity index (χ4n) is 4.36. The van der Waals surface area contributed by atoms with Crippen LogP contribution in [0.3, 0.4) is 0 Å². The van der Waals surface area contributed by atoms with Gasteiger partial charge in [-0.2, -0.15) is 0 Å². The van der Waals surface area contributed by atoms with Gasteiger partial charge in [0.15, 0.2) is 21.3 Å². The molecule has 7 nitrogen and oxygen atoms in total. The molecule has 1 atom stereocenters. The summed E-state index contributed by atoms with van der Waals surface area (Å²) in [5.74, 6) is 1.17. The van der Waals surface area contributed by atoms with Crippen LogP contribution in [0.4, 0.5) is 5.69 Å². The lowest BCUT2D eigenvalue weighted by molar-refractivity contribution is -0.117. The molecule has 1 amide bonds. The number of nitrogens with one attached hydrogen (secondary N) is 1. The molecular weight excluding hydrogens is 452 g/mol. The van der Waals surface area contributed by atoms with E-state index in [2.05, 4.69) is 22.3 Å². The topological polar surface area (TPSA) is 84.9 Å². The average molecular weight is 481 g/mol. The molecule has 1 aliphatic rings. The maximum absolute atomic E-state index is 13.0. The molecule has 1 heterocycles. The predicted octanol–water partition coefficient (Wildman–Crippen LogP) is 3.69. The molecule has 0 fully saturated rings. The van der Waals surface area contributed by atoms with Crippen LogP contribution in [0.25, 0.3) is 0 Å². The third kappa shape index (κ3) is 5.08. The van der Waals surface area contributed by atoms with Crippen LogP contribution >= 0.6 is 0 Å². The molecule has 1 N–H and O–H groups in total. The van der Waals surface area contributed by atoms with Gasteiger partial charge in [-0.25, -0.2) is 8.42 Å². The van der Waals surface area contributed by atoms with Gasteiger partial charge in [0.25, 0.3) is 0 Å². The zero-order valence-corrected chi connectivity index (χ0v) is 20.3. The summed E-state index contributed by atoms with van der Waals surface area (Å²) in [6, 6.07) is 20.2. The van der Waals surface area contributed by atoms with E-state index in [0.717, 1.165) is 23.8 Å². The summed E-state index contributed by atoms with van der Waals surface area (Å²) in [6.45, 7) is 0.879. The maximum Gasteiger partial charge on any atom is 0.238 e. The number of methoxy groups -OCH3 is 2. The van der Waals surface area contributed by atoms with Crippen LogP contribution in [0, 0.1) is 0 Å². The molecule has 0 radical (unpaired) electrons. The standard InChI is InChI=1S/C26H28N2O5S/c1-32-23-15-19-13-14-28(17-25(29)27-20-9-11-21(12-10-20)34(3,30)31)26(18-7-5-4-6-8-18)22(19)16-24(23)33-2/h4-12,15-16,26H,13-14,17H2,1-3H3,(H,27,29)/t26-/m1/s1. The van der Waals surface area contributed by atoms with Crippen LogP contribution < -0.4 is 14.8 Å². The van der Waals surface area contributed by atoms with E-state index in [0.29, 0.717) is 23.7 Å². The number of amides is 1. The molecule has 0 spiro atoms. The number of hydrogen-bond acceptors (Lipinski definition) is 6. The number of rotatable bonds is 7. The Morgan fingerprint density at radius 3 is 2.26 bits per heavy atom. The van der Waals surface area contributed by atoms with Crippen molar-refractivity contribution in [1.82, 2.24) is 4.90 Å². The van der Waals surface area contributed by atoms with E-state index in [4.69, 9.17) is 9.47 Å². The van der Waals surface area contributed by atoms with Gasteiger partial charge in [-0.3, -0.25) is 9.69 Å². The van der Waals surface area contributed by atoms with Gasteiger partial charge < -0.3 is 14.8 Å². The number of sulfone groups is 1. The summed E-state index contributed by atoms with van der Waals surface area (Å²) in [6.07, 6.45) is 1.93. The number of anilines is 1. The van der Waals surface area contributed by atoms with Gasteiger partial charge in [-0.05, 0) is 59.5 Å². The Morgan fingerprint density at radius 2 is 1.65 bits per heavy atom. The first kappa shape index (κ1) is 23.8. The molecule has 0 saturated heterocycles. The highest BCUT2D eigenvalue weighted by Crippen LogP contribution is 2.40. The molecule has 0 bridgehead atoms. The molecule has 3 aromatic carbocycles. The van der Waals surface area contributed by atoms with Crippen molar-refractivity contribution in [1.29, 1.82) is 0 Å². The Bertz CT molecular complexity index is 1270. The molecular formula is C26H28N2O5S. The van der Waals surface area contributed by atoms with E-state index in [1.165, 1.54) is 17.7 Å². The quantitative estimate of drug-likeness (QED) is 0.555. The first-order chi connectivity index (χ1) is 16.3. The SMILES string of the molecule is COc1cc2c(cc1OC)[C@@H](c1ccccc1)N(CC(=O)Nc1ccc(S(C)(=O)=O)cc1)CC2. The van der Waals surface area contributed by atoms with Gasteiger partial charge in [0, 0.05) is 18.5 Å². The van der Waals surface area contributed by atoms with Crippen molar-refractivity contribution in [3.63, 3.8) is 0 Å². The first-order valence-corrected chi connectivity index (χ1v) is 12.8. The van der Waals surface area contributed by atoms with E-state index >= 15 is 0 Å². The lowest BCUT2D eigenvalue weighted by Gasteiger charge is -2.37. The second kappa shape index (κ2) is 9.87. The van der Waals surface area contributed by atoms with Gasteiger partial charge in [-0.15, -0.1) is 0 Å². The smallest absolute Gasteiger partial charge is 0.238 e. The highest BCUT2D eigenvalue weighted by molar-refractivity contribution is 7.90. The van der Waals surface area contributed by atoms with E-state index in [9.17, 15) is 13.2 Å². The molecule has 8 heteroatoms. The normalized spacial score (nSPS) is 15.9. The number of hydrogen-bond donors (Lipinski definition) is 1. The van der Waals surface area contributed by atoms with Crippen LogP contribution in [-0.2, 0) is 21.1 Å². The summed E-state index contributed by atoms with van der Waals surface area (Å²) < 4.78 is 34.4. The van der Waals surface area contributed by atoms with E-state index in [1.807, 2.05) is 30.3 Å². The predicted molar refractivity (Wildman–Crippen MR) is 131 cm³/mol. The molecule has 0 aliphatic carbocycles. The van der Waals surface area contributed by atoms with Crippen LogP contribution in [-0.4, -0.2) is 52.8 Å². The molecule has 178 valence electrons. The Morgan fingerprint density at radius 1 is 1.00 bits per heavy atom. The Kier molecular flexibility index (Phi) is 6.90. The third-order valence-electron chi connectivity index (χ3n) is 6.00. The maximum atomic E-state index is 13.0. The molecule has 1 aliphatic heterocycles. The van der Waals surface area contributed by atoms with Crippen LogP contribution in [0.2, 0.25) is 0 Å². The summed E-state index contributed by atoms with van der Waals surface area (Å²) in [5.41, 5.74) is 3.89. The minimum atomic E-state index is -3.29. The molecule has 4 rings (SSSR count). The zero-order valence-electron chi connectivity index (χ0n) is 19.4. The van der Waals surface area contributed by atoms with Crippen LogP contribution in [0.5, 0.6) is 11.5 Å². The highest BCUT2D eigenvalue weighted by atomic mass is 32.2. The number of carbonyl (C=O) groups is 1. The van der Waals surface area contributed by atoms with E-state index in [-0.39, 0.29) is 23.4 Å². The lowest BCUT2D eigenvalue weighted by atomic mass is 9.87. The van der Waals surface area contributed by atoms with Crippen molar-refractivity contribution in [2.75, 3.05) is 38.9 Å². The van der Waals surface area contributed by atoms with Gasteiger partial charge in [0.1, 0.15) is 0 Å². The fraction of sp³-hybridized carbons (Fsp3) is 0.269. The van der Waals surface area contributed by atoms with Crippen molar-refractivity contribution in [2.24, 2.45) is 0 Å². The van der Waals surface area contributed by atoms with Gasteiger partial charge in [0.2, 0.25) is 5.91 Å². The number of benzene rings is 3. The van der Waals surface area contributed by atoms with Crippen molar-refractivity contribution in [3.8, 4) is 11.5 Å². The number of fused-ring (bicyclic) bond motifs is 1. The average Bonchev–Trinajstić information content (AvgIpc) is 2.83. The molecule has 0 unspecified atom stereocenters. The number of nitrogens with zero attached hydrogens (tertiary/aromatic N) is 1. The second-order valence-electron chi connectivity index (χ2n) is 8.28. The molecule has 0 aromatic heterocycles. The molecule has 3 aromatic rings. The summed E-state index contributed by atoms with van der Waals surface area (Å²) in [5, 5.41) is 2.88. The van der Waals surface area contributed by atoms with Gasteiger partial charge in [0.05, 0.1) is 31.7 Å². The van der Waals surface area contributed by atoms with Crippen molar-refractivity contribution in [3.05, 3.63) is 83.4 Å². The van der Waals surface area contributed by atoms with Crippen molar-refractivity contribution < 1.29 is 22.7 Å². The second-order valence-corrected chi connectivity index (χ2v) is 10.3. The van der Waals surface area contributed by atoms with E-state index in [1.54, 1.807) is 26.4 Å². The lowest BCUT2D eigenvalue weighted by Crippen LogP contribution is -2.41. The largest absolute Gasteiger partial charge is 0.493 e. The fourth-order valence-corrected chi connectivity index (χ4v) is 4.99. The van der Waals surface area contributed by atoms with E-state index < -0.39 is 9.84 Å². The summed E-state index contributed by atoms with van der Waals surface area (Å²) in [4.78, 5) is 15.3. The first-order valence-electron chi connectivity index (χ1n) is 10.9. The molecule has 0 saturated carbocycles. The minimum Gasteiger partial charge on any atom is -0.493 e. The van der Waals surface area contributed by atoms with Crippen LogP contribution in [0.15, 0.2) is 71.6 Å². The Labute approximate surface area is 200 Å². The van der Waals surface area contributed by atoms with Gasteiger partial charge in [-0.1, -0.05) is 30.3 Å². The van der Waals surface area contributed by atoms with Crippen molar-refractivity contribution >= 4 is 21.4 Å². The Hall–Kier alpha value is -3.36. The van der Waals surface area contributed by atoms with Crippen molar-refractivity contribution in [2.45, 2.75) is 17.4 Å². The van der Waals surface area contributed by atoms with Gasteiger partial charge >= 0.3 is 0 Å². The molecule has 34 heavy (non-hydrogen) atoms. The number of carbonyl (C=O) groups excluding carboxylic acids is 1. The summed E-state index contributed by atoms with van der Waals surface area (Å²) in [7, 11) is -0.0463. The third-order valence-corrected chi connectivity index (χ3v) is 7.13. The zero-order chi connectivity index (χ0) is 24.3. The van der Waals surface area contributed by atoms with Crippen LogP contribution in [0.1, 0.15) is 22.7 Å². The minimum absolute atomic E-state index is 0.122. The number of ether oxygens (including phenoxy) is 2.